The second kappa shape index (κ2) is 6.33. The lowest BCUT2D eigenvalue weighted by molar-refractivity contribution is 0.340. The van der Waals surface area contributed by atoms with Gasteiger partial charge in [-0.1, -0.05) is 11.6 Å². The Bertz CT molecular complexity index is 637. The van der Waals surface area contributed by atoms with E-state index in [1.807, 2.05) is 6.92 Å². The Balaban J connectivity index is 2.30. The van der Waals surface area contributed by atoms with Crippen LogP contribution in [0.4, 0.5) is 10.1 Å². The van der Waals surface area contributed by atoms with Gasteiger partial charge in [-0.25, -0.2) is 4.39 Å². The first-order valence-corrected chi connectivity index (χ1v) is 7.03. The molecule has 2 aromatic carbocycles. The molecule has 2 N–H and O–H groups in total. The second-order valence-electron chi connectivity index (χ2n) is 3.93. The van der Waals surface area contributed by atoms with Crippen LogP contribution in [0.15, 0.2) is 34.8 Å². The summed E-state index contributed by atoms with van der Waals surface area (Å²) in [6, 6.07) is 7.64. The first kappa shape index (κ1) is 14.9. The highest BCUT2D eigenvalue weighted by Crippen LogP contribution is 2.35. The average Bonchev–Trinajstić information content (AvgIpc) is 2.40. The van der Waals surface area contributed by atoms with E-state index in [2.05, 4.69) is 15.9 Å². The Labute approximate surface area is 129 Å². The maximum Gasteiger partial charge on any atom is 0.145 e. The summed E-state index contributed by atoms with van der Waals surface area (Å²) in [6.07, 6.45) is 0. The van der Waals surface area contributed by atoms with E-state index in [0.717, 1.165) is 0 Å². The lowest BCUT2D eigenvalue weighted by Crippen LogP contribution is -1.97. The smallest absolute Gasteiger partial charge is 0.145 e. The summed E-state index contributed by atoms with van der Waals surface area (Å²) in [7, 11) is 0. The monoisotopic (exact) mass is 359 g/mol. The Hall–Kier alpha value is -1.46. The standard InChI is InChI=1S/C14H12BrClFNO2/c1-2-19-14-5-8(3-4-12(14)18)20-13-7-11(17)10(16)6-9(13)15/h3-7H,2,18H2,1H3. The maximum atomic E-state index is 13.4. The number of hydrogen-bond donors (Lipinski definition) is 1. The van der Waals surface area contributed by atoms with E-state index in [9.17, 15) is 4.39 Å². The van der Waals surface area contributed by atoms with Crippen molar-refractivity contribution >= 4 is 33.2 Å². The van der Waals surface area contributed by atoms with Crippen LogP contribution in [0, 0.1) is 5.82 Å². The minimum atomic E-state index is -0.551. The first-order valence-electron chi connectivity index (χ1n) is 5.86. The molecule has 0 aromatic heterocycles. The van der Waals surface area contributed by atoms with Gasteiger partial charge in [0.25, 0.3) is 0 Å². The number of nitrogen functional groups attached to an aromatic ring is 1. The summed E-state index contributed by atoms with van der Waals surface area (Å²) in [6.45, 7) is 2.35. The van der Waals surface area contributed by atoms with Gasteiger partial charge in [0.15, 0.2) is 0 Å². The summed E-state index contributed by atoms with van der Waals surface area (Å²) in [5, 5.41) is 0.0246. The fourth-order valence-electron chi connectivity index (χ4n) is 1.57. The molecule has 0 fully saturated rings. The van der Waals surface area contributed by atoms with Crippen LogP contribution in [0.25, 0.3) is 0 Å². The number of hydrogen-bond acceptors (Lipinski definition) is 3. The minimum Gasteiger partial charge on any atom is -0.492 e. The number of ether oxygens (including phenoxy) is 2. The Morgan fingerprint density at radius 3 is 2.70 bits per heavy atom. The molecule has 0 aliphatic carbocycles. The average molecular weight is 361 g/mol. The highest BCUT2D eigenvalue weighted by Gasteiger charge is 2.10. The van der Waals surface area contributed by atoms with Gasteiger partial charge < -0.3 is 15.2 Å². The summed E-state index contributed by atoms with van der Waals surface area (Å²) >= 11 is 8.95. The van der Waals surface area contributed by atoms with Crippen LogP contribution >= 0.6 is 27.5 Å². The van der Waals surface area contributed by atoms with Crippen molar-refractivity contribution in [3.8, 4) is 17.2 Å². The molecule has 0 atom stereocenters. The lowest BCUT2D eigenvalue weighted by atomic mass is 10.2. The molecule has 20 heavy (non-hydrogen) atoms. The molecule has 0 radical (unpaired) electrons. The SMILES string of the molecule is CCOc1cc(Oc2cc(F)c(Cl)cc2Br)ccc1N. The van der Waals surface area contributed by atoms with Crippen molar-refractivity contribution in [2.45, 2.75) is 6.92 Å². The maximum absolute atomic E-state index is 13.4. The highest BCUT2D eigenvalue weighted by atomic mass is 79.9. The molecular weight excluding hydrogens is 349 g/mol. The topological polar surface area (TPSA) is 44.5 Å². The van der Waals surface area contributed by atoms with E-state index in [0.29, 0.717) is 34.0 Å². The fourth-order valence-corrected chi connectivity index (χ4v) is 2.29. The second-order valence-corrected chi connectivity index (χ2v) is 5.19. The predicted octanol–water partition coefficient (Wildman–Crippen LogP) is 5.01. The quantitative estimate of drug-likeness (QED) is 0.615. The molecule has 3 nitrogen and oxygen atoms in total. The summed E-state index contributed by atoms with van der Waals surface area (Å²) in [4.78, 5) is 0. The van der Waals surface area contributed by atoms with Crippen molar-refractivity contribution in [1.29, 1.82) is 0 Å². The van der Waals surface area contributed by atoms with Crippen LogP contribution < -0.4 is 15.2 Å². The van der Waals surface area contributed by atoms with E-state index < -0.39 is 5.82 Å². The molecule has 106 valence electrons. The minimum absolute atomic E-state index is 0.0246. The molecule has 0 heterocycles. The number of rotatable bonds is 4. The number of halogens is 3. The van der Waals surface area contributed by atoms with Crippen LogP contribution in [0.2, 0.25) is 5.02 Å². The molecule has 2 rings (SSSR count). The van der Waals surface area contributed by atoms with Gasteiger partial charge >= 0.3 is 0 Å². The van der Waals surface area contributed by atoms with Gasteiger partial charge in [0.1, 0.15) is 23.1 Å². The number of anilines is 1. The molecule has 0 spiro atoms. The summed E-state index contributed by atoms with van der Waals surface area (Å²) < 4.78 is 25.0. The third-order valence-corrected chi connectivity index (χ3v) is 3.40. The fraction of sp³-hybridized carbons (Fsp3) is 0.143. The van der Waals surface area contributed by atoms with Crippen LogP contribution in [0.1, 0.15) is 6.92 Å². The summed E-state index contributed by atoms with van der Waals surface area (Å²) in [5.41, 5.74) is 6.29. The van der Waals surface area contributed by atoms with E-state index in [1.165, 1.54) is 12.1 Å². The van der Waals surface area contributed by atoms with Crippen molar-refractivity contribution in [2.75, 3.05) is 12.3 Å². The Morgan fingerprint density at radius 2 is 2.00 bits per heavy atom. The van der Waals surface area contributed by atoms with Gasteiger partial charge in [-0.15, -0.1) is 0 Å². The van der Waals surface area contributed by atoms with Crippen LogP contribution in [-0.4, -0.2) is 6.61 Å². The third kappa shape index (κ3) is 3.35. The molecule has 0 aliphatic rings. The molecule has 2 aromatic rings. The van der Waals surface area contributed by atoms with Gasteiger partial charge in [0.2, 0.25) is 0 Å². The van der Waals surface area contributed by atoms with E-state index >= 15 is 0 Å². The lowest BCUT2D eigenvalue weighted by Gasteiger charge is -2.12. The van der Waals surface area contributed by atoms with Crippen LogP contribution in [0.5, 0.6) is 17.2 Å². The van der Waals surface area contributed by atoms with Crippen molar-refractivity contribution in [1.82, 2.24) is 0 Å². The molecule has 0 amide bonds. The largest absolute Gasteiger partial charge is 0.492 e. The van der Waals surface area contributed by atoms with E-state index in [1.54, 1.807) is 18.2 Å². The van der Waals surface area contributed by atoms with E-state index in [-0.39, 0.29) is 5.02 Å². The summed E-state index contributed by atoms with van der Waals surface area (Å²) in [5.74, 6) is 0.782. The molecule has 0 bridgehead atoms. The van der Waals surface area contributed by atoms with Crippen LogP contribution in [-0.2, 0) is 0 Å². The molecule has 0 saturated heterocycles. The van der Waals surface area contributed by atoms with Crippen molar-refractivity contribution in [2.24, 2.45) is 0 Å². The van der Waals surface area contributed by atoms with E-state index in [4.69, 9.17) is 26.8 Å². The van der Waals surface area contributed by atoms with Gasteiger partial charge in [0.05, 0.1) is 21.8 Å². The van der Waals surface area contributed by atoms with Gasteiger partial charge in [-0.3, -0.25) is 0 Å². The zero-order valence-corrected chi connectivity index (χ0v) is 13.0. The zero-order valence-electron chi connectivity index (χ0n) is 10.6. The van der Waals surface area contributed by atoms with Gasteiger partial charge in [-0.05, 0) is 41.1 Å². The zero-order chi connectivity index (χ0) is 14.7. The highest BCUT2D eigenvalue weighted by molar-refractivity contribution is 9.10. The Kier molecular flexibility index (Phi) is 4.73. The molecule has 6 heteroatoms. The normalized spacial score (nSPS) is 10.4. The number of nitrogens with two attached hydrogens (primary N) is 1. The van der Waals surface area contributed by atoms with Crippen LogP contribution in [0.3, 0.4) is 0 Å². The number of benzene rings is 2. The predicted molar refractivity (Wildman–Crippen MR) is 81.2 cm³/mol. The molecular formula is C14H12BrClFNO2. The van der Waals surface area contributed by atoms with Crippen molar-refractivity contribution in [3.63, 3.8) is 0 Å². The van der Waals surface area contributed by atoms with Gasteiger partial charge in [-0.2, -0.15) is 0 Å². The third-order valence-electron chi connectivity index (χ3n) is 2.49. The molecule has 0 unspecified atom stereocenters. The molecule has 0 aliphatic heterocycles. The Morgan fingerprint density at radius 1 is 1.25 bits per heavy atom. The van der Waals surface area contributed by atoms with Crippen molar-refractivity contribution in [3.05, 3.63) is 45.6 Å². The van der Waals surface area contributed by atoms with Crippen molar-refractivity contribution < 1.29 is 13.9 Å². The van der Waals surface area contributed by atoms with Gasteiger partial charge in [0, 0.05) is 12.1 Å². The first-order chi connectivity index (χ1) is 9.51. The molecule has 0 saturated carbocycles.